The van der Waals surface area contributed by atoms with E-state index in [0.29, 0.717) is 28.8 Å². The van der Waals surface area contributed by atoms with Crippen LogP contribution in [0.15, 0.2) is 27.4 Å². The van der Waals surface area contributed by atoms with Gasteiger partial charge in [0.1, 0.15) is 11.3 Å². The first-order valence-electron chi connectivity index (χ1n) is 8.83. The zero-order valence-corrected chi connectivity index (χ0v) is 16.9. The van der Waals surface area contributed by atoms with Crippen molar-refractivity contribution in [1.29, 1.82) is 0 Å². The number of amides is 1. The number of fused-ring (bicyclic) bond motifs is 1. The van der Waals surface area contributed by atoms with E-state index in [1.165, 1.54) is 6.07 Å². The van der Waals surface area contributed by atoms with Crippen molar-refractivity contribution in [3.63, 3.8) is 0 Å². The van der Waals surface area contributed by atoms with Gasteiger partial charge in [-0.25, -0.2) is 4.79 Å². The molecule has 3 rings (SSSR count). The van der Waals surface area contributed by atoms with Gasteiger partial charge in [0, 0.05) is 24.1 Å². The van der Waals surface area contributed by atoms with Crippen molar-refractivity contribution in [2.24, 2.45) is 5.92 Å². The van der Waals surface area contributed by atoms with Gasteiger partial charge >= 0.3 is 5.63 Å². The Hall–Kier alpha value is -1.76. The largest absolute Gasteiger partial charge is 0.479 e. The smallest absolute Gasteiger partial charge is 0.336 e. The fourth-order valence-corrected chi connectivity index (χ4v) is 3.34. The number of carbonyl (C=O) groups is 1. The molecule has 2 N–H and O–H groups in total. The van der Waals surface area contributed by atoms with Gasteiger partial charge < -0.3 is 19.8 Å². The SMILES string of the molecule is Cc1cc(=O)oc2cc(OC(C)C(=O)NCC3CCNCC3)c(Cl)cc12.Cl. The van der Waals surface area contributed by atoms with E-state index in [1.54, 1.807) is 19.1 Å². The molecule has 1 aromatic carbocycles. The van der Waals surface area contributed by atoms with Crippen LogP contribution in [0.2, 0.25) is 5.02 Å². The van der Waals surface area contributed by atoms with Gasteiger partial charge in [-0.15, -0.1) is 12.4 Å². The summed E-state index contributed by atoms with van der Waals surface area (Å²) < 4.78 is 10.9. The number of benzene rings is 1. The van der Waals surface area contributed by atoms with Crippen molar-refractivity contribution in [3.05, 3.63) is 39.2 Å². The second-order valence-electron chi connectivity index (χ2n) is 6.73. The van der Waals surface area contributed by atoms with Crippen LogP contribution in [0.4, 0.5) is 0 Å². The zero-order valence-electron chi connectivity index (χ0n) is 15.3. The van der Waals surface area contributed by atoms with Crippen molar-refractivity contribution >= 4 is 40.9 Å². The lowest BCUT2D eigenvalue weighted by Crippen LogP contribution is -2.41. The fourth-order valence-electron chi connectivity index (χ4n) is 3.13. The van der Waals surface area contributed by atoms with Gasteiger partial charge in [0.25, 0.3) is 5.91 Å². The van der Waals surface area contributed by atoms with Crippen molar-refractivity contribution < 1.29 is 13.9 Å². The number of piperidine rings is 1. The molecule has 2 heterocycles. The lowest BCUT2D eigenvalue weighted by atomic mass is 9.98. The van der Waals surface area contributed by atoms with Crippen molar-refractivity contribution in [1.82, 2.24) is 10.6 Å². The quantitative estimate of drug-likeness (QED) is 0.734. The number of aryl methyl sites for hydroxylation is 1. The third-order valence-corrected chi connectivity index (χ3v) is 5.00. The first-order valence-corrected chi connectivity index (χ1v) is 9.21. The van der Waals surface area contributed by atoms with E-state index in [4.69, 9.17) is 20.8 Å². The van der Waals surface area contributed by atoms with Crippen molar-refractivity contribution in [3.8, 4) is 5.75 Å². The van der Waals surface area contributed by atoms with Crippen LogP contribution in [0, 0.1) is 12.8 Å². The van der Waals surface area contributed by atoms with E-state index in [2.05, 4.69) is 10.6 Å². The van der Waals surface area contributed by atoms with Gasteiger partial charge in [0.2, 0.25) is 0 Å². The molecular weight excluding hydrogens is 391 g/mol. The summed E-state index contributed by atoms with van der Waals surface area (Å²) in [4.78, 5) is 23.9. The molecule has 1 fully saturated rings. The Morgan fingerprint density at radius 2 is 2.07 bits per heavy atom. The zero-order chi connectivity index (χ0) is 18.7. The molecule has 8 heteroatoms. The second-order valence-corrected chi connectivity index (χ2v) is 7.13. The minimum atomic E-state index is -0.705. The molecule has 148 valence electrons. The summed E-state index contributed by atoms with van der Waals surface area (Å²) in [5, 5.41) is 7.35. The van der Waals surface area contributed by atoms with Crippen LogP contribution in [0.25, 0.3) is 11.0 Å². The molecule has 1 aliphatic rings. The van der Waals surface area contributed by atoms with Crippen LogP contribution in [0.5, 0.6) is 5.75 Å². The average Bonchev–Trinajstić information content (AvgIpc) is 2.62. The molecule has 6 nitrogen and oxygen atoms in total. The van der Waals surface area contributed by atoms with E-state index in [1.807, 2.05) is 6.92 Å². The summed E-state index contributed by atoms with van der Waals surface area (Å²) in [6, 6.07) is 4.66. The highest BCUT2D eigenvalue weighted by Crippen LogP contribution is 2.31. The fraction of sp³-hybridized carbons (Fsp3) is 0.474. The number of carbonyl (C=O) groups excluding carboxylic acids is 1. The molecule has 1 amide bonds. The summed E-state index contributed by atoms with van der Waals surface area (Å²) >= 11 is 6.28. The molecule has 1 atom stereocenters. The molecule has 1 unspecified atom stereocenters. The summed E-state index contributed by atoms with van der Waals surface area (Å²) in [5.41, 5.74) is 0.727. The maximum Gasteiger partial charge on any atom is 0.336 e. The monoisotopic (exact) mass is 414 g/mol. The van der Waals surface area contributed by atoms with Gasteiger partial charge in [-0.2, -0.15) is 0 Å². The van der Waals surface area contributed by atoms with Crippen LogP contribution >= 0.6 is 24.0 Å². The first-order chi connectivity index (χ1) is 12.4. The van der Waals surface area contributed by atoms with Crippen LogP contribution < -0.4 is 21.0 Å². The predicted octanol–water partition coefficient (Wildman–Crippen LogP) is 3.06. The molecule has 0 spiro atoms. The Labute approximate surface area is 169 Å². The molecule has 0 bridgehead atoms. The van der Waals surface area contributed by atoms with Crippen molar-refractivity contribution in [2.75, 3.05) is 19.6 Å². The Morgan fingerprint density at radius 3 is 2.78 bits per heavy atom. The maximum atomic E-state index is 12.3. The van der Waals surface area contributed by atoms with Gasteiger partial charge in [-0.1, -0.05) is 11.6 Å². The van der Waals surface area contributed by atoms with Crippen LogP contribution in [0.1, 0.15) is 25.3 Å². The van der Waals surface area contributed by atoms with E-state index in [0.717, 1.165) is 36.9 Å². The van der Waals surface area contributed by atoms with Gasteiger partial charge in [0.05, 0.1) is 5.02 Å². The van der Waals surface area contributed by atoms with E-state index < -0.39 is 11.7 Å². The number of nitrogens with one attached hydrogen (secondary N) is 2. The summed E-state index contributed by atoms with van der Waals surface area (Å²) in [6.45, 7) is 6.11. The van der Waals surface area contributed by atoms with E-state index >= 15 is 0 Å². The molecule has 0 saturated carbocycles. The van der Waals surface area contributed by atoms with Gasteiger partial charge in [0.15, 0.2) is 6.10 Å². The minimum Gasteiger partial charge on any atom is -0.479 e. The molecule has 27 heavy (non-hydrogen) atoms. The molecule has 0 aliphatic carbocycles. The Balaban J connectivity index is 0.00000261. The normalized spacial score (nSPS) is 15.8. The van der Waals surface area contributed by atoms with Crippen molar-refractivity contribution in [2.45, 2.75) is 32.8 Å². The van der Waals surface area contributed by atoms with Gasteiger partial charge in [-0.05, 0) is 57.3 Å². The maximum absolute atomic E-state index is 12.3. The minimum absolute atomic E-state index is 0. The summed E-state index contributed by atoms with van der Waals surface area (Å²) in [5.74, 6) is 0.622. The molecule has 1 saturated heterocycles. The number of halogens is 2. The highest BCUT2D eigenvalue weighted by atomic mass is 35.5. The average molecular weight is 415 g/mol. The molecular formula is C19H24Cl2N2O4. The first kappa shape index (κ1) is 21.5. The molecule has 1 aliphatic heterocycles. The second kappa shape index (κ2) is 9.44. The number of rotatable bonds is 5. The third kappa shape index (κ3) is 5.37. The Bertz CT molecular complexity index is 863. The molecule has 2 aromatic rings. The third-order valence-electron chi connectivity index (χ3n) is 4.70. The van der Waals surface area contributed by atoms with E-state index in [9.17, 15) is 9.59 Å². The number of ether oxygens (including phenoxy) is 1. The number of hydrogen-bond donors (Lipinski definition) is 2. The Kier molecular flexibility index (Phi) is 7.53. The topological polar surface area (TPSA) is 80.6 Å². The Morgan fingerprint density at radius 1 is 1.37 bits per heavy atom. The van der Waals surface area contributed by atoms with Crippen LogP contribution in [0.3, 0.4) is 0 Å². The predicted molar refractivity (Wildman–Crippen MR) is 108 cm³/mol. The molecule has 0 radical (unpaired) electrons. The van der Waals surface area contributed by atoms with Crippen LogP contribution in [-0.4, -0.2) is 31.6 Å². The summed E-state index contributed by atoms with van der Waals surface area (Å²) in [7, 11) is 0. The standard InChI is InChI=1S/C19H23ClN2O4.ClH/c1-11-7-18(23)26-16-9-17(15(20)8-14(11)16)25-12(2)19(24)22-10-13-3-5-21-6-4-13;/h7-9,12-13,21H,3-6,10H2,1-2H3,(H,22,24);1H. The highest BCUT2D eigenvalue weighted by Gasteiger charge is 2.20. The summed E-state index contributed by atoms with van der Waals surface area (Å²) in [6.07, 6.45) is 1.41. The van der Waals surface area contributed by atoms with Crippen LogP contribution in [-0.2, 0) is 4.79 Å². The number of hydrogen-bond acceptors (Lipinski definition) is 5. The lowest BCUT2D eigenvalue weighted by molar-refractivity contribution is -0.127. The van der Waals surface area contributed by atoms with E-state index in [-0.39, 0.29) is 18.3 Å². The molecule has 1 aromatic heterocycles. The van der Waals surface area contributed by atoms with Gasteiger partial charge in [-0.3, -0.25) is 4.79 Å². The lowest BCUT2D eigenvalue weighted by Gasteiger charge is -2.23. The highest BCUT2D eigenvalue weighted by molar-refractivity contribution is 6.32.